The zero-order chi connectivity index (χ0) is 19.0. The molecule has 4 rings (SSSR count). The third-order valence-corrected chi connectivity index (χ3v) is 5.41. The van der Waals surface area contributed by atoms with Gasteiger partial charge in [0.25, 0.3) is 0 Å². The fourth-order valence-corrected chi connectivity index (χ4v) is 3.97. The number of rotatable bonds is 5. The van der Waals surface area contributed by atoms with Crippen LogP contribution in [-0.2, 0) is 13.5 Å². The quantitative estimate of drug-likeness (QED) is 0.705. The minimum absolute atomic E-state index is 0.915. The SMILES string of the molecule is CC1=c2ccnc(NCCCN(C)C)c2=Cc2c(n(C)c3ccncc23)C1. The van der Waals surface area contributed by atoms with Gasteiger partial charge in [-0.3, -0.25) is 4.98 Å². The molecule has 1 aliphatic rings. The van der Waals surface area contributed by atoms with Gasteiger partial charge in [-0.15, -0.1) is 0 Å². The number of pyridine rings is 2. The standard InChI is InChI=1S/C22H27N5/c1-15-12-21-17(19-14-23-9-7-20(19)27(21)4)13-18-16(15)6-10-25-22(18)24-8-5-11-26(2)3/h6-7,9-10,13-14H,5,8,11-12H2,1-4H3,(H,24,25). The summed E-state index contributed by atoms with van der Waals surface area (Å²) >= 11 is 0. The average molecular weight is 361 g/mol. The van der Waals surface area contributed by atoms with Gasteiger partial charge in [0.15, 0.2) is 0 Å². The molecule has 3 aromatic rings. The van der Waals surface area contributed by atoms with Crippen molar-refractivity contribution in [3.8, 4) is 0 Å². The Morgan fingerprint density at radius 2 is 2.07 bits per heavy atom. The summed E-state index contributed by atoms with van der Waals surface area (Å²) in [6, 6.07) is 4.23. The molecule has 1 N–H and O–H groups in total. The minimum Gasteiger partial charge on any atom is -0.370 e. The molecule has 0 saturated heterocycles. The Balaban J connectivity index is 1.84. The Bertz CT molecular complexity index is 1110. The minimum atomic E-state index is 0.915. The molecule has 140 valence electrons. The van der Waals surface area contributed by atoms with Crippen LogP contribution in [0.25, 0.3) is 22.6 Å². The van der Waals surface area contributed by atoms with Gasteiger partial charge >= 0.3 is 0 Å². The van der Waals surface area contributed by atoms with E-state index in [2.05, 4.69) is 71.0 Å². The molecule has 0 bridgehead atoms. The maximum absolute atomic E-state index is 4.65. The van der Waals surface area contributed by atoms with Crippen LogP contribution in [0.3, 0.4) is 0 Å². The molecular formula is C22H27N5. The van der Waals surface area contributed by atoms with E-state index in [-0.39, 0.29) is 0 Å². The highest BCUT2D eigenvalue weighted by atomic mass is 15.1. The van der Waals surface area contributed by atoms with E-state index in [9.17, 15) is 0 Å². The first-order valence-corrected chi connectivity index (χ1v) is 9.52. The van der Waals surface area contributed by atoms with Crippen molar-refractivity contribution in [2.45, 2.75) is 19.8 Å². The topological polar surface area (TPSA) is 46.0 Å². The highest BCUT2D eigenvalue weighted by Crippen LogP contribution is 2.28. The maximum Gasteiger partial charge on any atom is 0.133 e. The maximum atomic E-state index is 4.65. The van der Waals surface area contributed by atoms with Crippen molar-refractivity contribution in [1.29, 1.82) is 0 Å². The van der Waals surface area contributed by atoms with Gasteiger partial charge in [0.05, 0.1) is 5.52 Å². The second-order valence-corrected chi connectivity index (χ2v) is 7.62. The van der Waals surface area contributed by atoms with Crippen molar-refractivity contribution >= 4 is 28.4 Å². The van der Waals surface area contributed by atoms with Crippen molar-refractivity contribution in [3.05, 3.63) is 52.4 Å². The lowest BCUT2D eigenvalue weighted by Crippen LogP contribution is -2.31. The molecule has 27 heavy (non-hydrogen) atoms. The lowest BCUT2D eigenvalue weighted by molar-refractivity contribution is 0.405. The van der Waals surface area contributed by atoms with Gasteiger partial charge in [0.2, 0.25) is 0 Å². The van der Waals surface area contributed by atoms with E-state index in [0.717, 1.165) is 31.7 Å². The number of fused-ring (bicyclic) bond motifs is 4. The summed E-state index contributed by atoms with van der Waals surface area (Å²) in [4.78, 5) is 11.2. The van der Waals surface area contributed by atoms with E-state index in [1.165, 1.54) is 38.2 Å². The van der Waals surface area contributed by atoms with E-state index in [0.29, 0.717) is 0 Å². The highest BCUT2D eigenvalue weighted by Gasteiger charge is 2.17. The van der Waals surface area contributed by atoms with Crippen molar-refractivity contribution in [1.82, 2.24) is 19.4 Å². The molecule has 0 saturated carbocycles. The van der Waals surface area contributed by atoms with Crippen LogP contribution in [0.15, 0.2) is 30.7 Å². The third-order valence-electron chi connectivity index (χ3n) is 5.41. The highest BCUT2D eigenvalue weighted by molar-refractivity contribution is 5.91. The number of nitrogens with zero attached hydrogens (tertiary/aromatic N) is 4. The fourth-order valence-electron chi connectivity index (χ4n) is 3.97. The molecule has 1 aliphatic carbocycles. The van der Waals surface area contributed by atoms with Gasteiger partial charge in [-0.05, 0) is 57.4 Å². The molecule has 0 amide bonds. The van der Waals surface area contributed by atoms with Crippen LogP contribution in [-0.4, -0.2) is 46.6 Å². The zero-order valence-electron chi connectivity index (χ0n) is 16.6. The van der Waals surface area contributed by atoms with Crippen molar-refractivity contribution in [3.63, 3.8) is 0 Å². The molecule has 3 aromatic heterocycles. The first kappa shape index (κ1) is 17.7. The average Bonchev–Trinajstić information content (AvgIpc) is 2.82. The molecule has 0 spiro atoms. The largest absolute Gasteiger partial charge is 0.370 e. The van der Waals surface area contributed by atoms with Crippen LogP contribution in [0.5, 0.6) is 0 Å². The van der Waals surface area contributed by atoms with Crippen LogP contribution < -0.4 is 15.8 Å². The lowest BCUT2D eigenvalue weighted by Gasteiger charge is -2.11. The van der Waals surface area contributed by atoms with Gasteiger partial charge in [-0.25, -0.2) is 4.98 Å². The number of aryl methyl sites for hydroxylation is 1. The number of hydrogen-bond acceptors (Lipinski definition) is 4. The van der Waals surface area contributed by atoms with E-state index < -0.39 is 0 Å². The fraction of sp³-hybridized carbons (Fsp3) is 0.364. The normalized spacial score (nSPS) is 13.3. The van der Waals surface area contributed by atoms with Gasteiger partial charge in [0, 0.05) is 60.5 Å². The van der Waals surface area contributed by atoms with Crippen LogP contribution in [0.1, 0.15) is 24.6 Å². The first-order chi connectivity index (χ1) is 13.1. The summed E-state index contributed by atoms with van der Waals surface area (Å²) in [6.07, 6.45) is 10.1. The number of nitrogens with one attached hydrogen (secondary N) is 1. The number of aromatic nitrogens is 3. The van der Waals surface area contributed by atoms with Crippen LogP contribution in [0.4, 0.5) is 5.82 Å². The molecule has 0 fully saturated rings. The monoisotopic (exact) mass is 361 g/mol. The summed E-state index contributed by atoms with van der Waals surface area (Å²) in [5.41, 5.74) is 5.21. The Hall–Kier alpha value is -2.66. The predicted molar refractivity (Wildman–Crippen MR) is 112 cm³/mol. The second kappa shape index (κ2) is 7.16. The molecule has 0 atom stereocenters. The van der Waals surface area contributed by atoms with Crippen LogP contribution >= 0.6 is 0 Å². The van der Waals surface area contributed by atoms with Gasteiger partial charge < -0.3 is 14.8 Å². The summed E-state index contributed by atoms with van der Waals surface area (Å²) in [6.45, 7) is 4.21. The first-order valence-electron chi connectivity index (χ1n) is 9.52. The summed E-state index contributed by atoms with van der Waals surface area (Å²) in [7, 11) is 6.36. The molecule has 0 aliphatic heterocycles. The summed E-state index contributed by atoms with van der Waals surface area (Å²) < 4.78 is 2.30. The van der Waals surface area contributed by atoms with Crippen LogP contribution in [0, 0.1) is 0 Å². The predicted octanol–water partition coefficient (Wildman–Crippen LogP) is 1.89. The Morgan fingerprint density at radius 3 is 2.89 bits per heavy atom. The van der Waals surface area contributed by atoms with Crippen molar-refractivity contribution in [2.75, 3.05) is 32.5 Å². The molecule has 5 nitrogen and oxygen atoms in total. The van der Waals surface area contributed by atoms with E-state index in [1.807, 2.05) is 18.6 Å². The number of anilines is 1. The Kier molecular flexibility index (Phi) is 4.70. The molecule has 0 unspecified atom stereocenters. The third kappa shape index (κ3) is 3.23. The van der Waals surface area contributed by atoms with E-state index >= 15 is 0 Å². The molecule has 5 heteroatoms. The van der Waals surface area contributed by atoms with Crippen molar-refractivity contribution < 1.29 is 0 Å². The summed E-state index contributed by atoms with van der Waals surface area (Å²) in [5.74, 6) is 0.972. The van der Waals surface area contributed by atoms with Gasteiger partial charge in [0.1, 0.15) is 5.82 Å². The smallest absolute Gasteiger partial charge is 0.133 e. The molecule has 0 radical (unpaired) electrons. The van der Waals surface area contributed by atoms with Crippen molar-refractivity contribution in [2.24, 2.45) is 7.05 Å². The van der Waals surface area contributed by atoms with Crippen LogP contribution in [0.2, 0.25) is 0 Å². The Morgan fingerprint density at radius 1 is 1.22 bits per heavy atom. The van der Waals surface area contributed by atoms with Gasteiger partial charge in [-0.2, -0.15) is 0 Å². The zero-order valence-corrected chi connectivity index (χ0v) is 16.6. The number of hydrogen-bond donors (Lipinski definition) is 1. The Labute approximate surface area is 160 Å². The summed E-state index contributed by atoms with van der Waals surface area (Å²) in [5, 5.41) is 7.24. The molecular weight excluding hydrogens is 334 g/mol. The van der Waals surface area contributed by atoms with E-state index in [4.69, 9.17) is 0 Å². The van der Waals surface area contributed by atoms with E-state index in [1.54, 1.807) is 0 Å². The molecule has 3 heterocycles. The second-order valence-electron chi connectivity index (χ2n) is 7.62. The molecule has 0 aromatic carbocycles. The van der Waals surface area contributed by atoms with Gasteiger partial charge in [-0.1, -0.05) is 5.57 Å². The lowest BCUT2D eigenvalue weighted by atomic mass is 10.1.